The number of benzene rings is 1. The van der Waals surface area contributed by atoms with Crippen molar-refractivity contribution >= 4 is 17.4 Å². The molecule has 1 aliphatic rings. The fourth-order valence-electron chi connectivity index (χ4n) is 3.00. The molecule has 23 heavy (non-hydrogen) atoms. The third kappa shape index (κ3) is 2.40. The number of aliphatic hydroxyl groups is 1. The monoisotopic (exact) mass is 327 g/mol. The molecule has 2 unspecified atom stereocenters. The summed E-state index contributed by atoms with van der Waals surface area (Å²) in [5, 5.41) is 20.2. The van der Waals surface area contributed by atoms with Gasteiger partial charge in [-0.2, -0.15) is 5.26 Å². The van der Waals surface area contributed by atoms with Crippen molar-refractivity contribution in [1.82, 2.24) is 9.97 Å². The molecule has 116 valence electrons. The molecular weight excluding hydrogens is 314 g/mol. The first-order chi connectivity index (χ1) is 10.9. The van der Waals surface area contributed by atoms with Gasteiger partial charge in [-0.05, 0) is 29.8 Å². The van der Waals surface area contributed by atoms with Gasteiger partial charge in [0.25, 0.3) is 0 Å². The second-order valence-corrected chi connectivity index (χ2v) is 6.54. The minimum Gasteiger partial charge on any atom is -0.391 e. The number of fused-ring (bicyclic) bond motifs is 1. The second-order valence-electron chi connectivity index (χ2n) is 6.15. The van der Waals surface area contributed by atoms with Crippen molar-refractivity contribution < 1.29 is 9.90 Å². The molecule has 5 nitrogen and oxygen atoms in total. The third-order valence-electron chi connectivity index (χ3n) is 4.37. The Balaban J connectivity index is 2.28. The molecule has 0 fully saturated rings. The highest BCUT2D eigenvalue weighted by molar-refractivity contribution is 6.29. The summed E-state index contributed by atoms with van der Waals surface area (Å²) in [6.07, 6.45) is 0.337. The lowest BCUT2D eigenvalue weighted by Gasteiger charge is -2.40. The van der Waals surface area contributed by atoms with Gasteiger partial charge in [0.05, 0.1) is 34.8 Å². The van der Waals surface area contributed by atoms with Gasteiger partial charge in [0.15, 0.2) is 5.78 Å². The van der Waals surface area contributed by atoms with E-state index in [9.17, 15) is 9.90 Å². The van der Waals surface area contributed by atoms with Gasteiger partial charge in [-0.15, -0.1) is 0 Å². The van der Waals surface area contributed by atoms with Crippen LogP contribution in [0.1, 0.15) is 46.9 Å². The van der Waals surface area contributed by atoms with Crippen LogP contribution in [0.2, 0.25) is 5.15 Å². The molecule has 6 heteroatoms. The van der Waals surface area contributed by atoms with Crippen LogP contribution in [0.5, 0.6) is 0 Å². The minimum atomic E-state index is -0.984. The van der Waals surface area contributed by atoms with Crippen LogP contribution in [0.4, 0.5) is 0 Å². The van der Waals surface area contributed by atoms with E-state index in [1.807, 2.05) is 0 Å². The number of halogens is 1. The minimum absolute atomic E-state index is 0.152. The first-order valence-electron chi connectivity index (χ1n) is 7.10. The topological polar surface area (TPSA) is 86.9 Å². The summed E-state index contributed by atoms with van der Waals surface area (Å²) >= 11 is 5.95. The van der Waals surface area contributed by atoms with Gasteiger partial charge in [0.2, 0.25) is 0 Å². The largest absolute Gasteiger partial charge is 0.391 e. The molecule has 2 atom stereocenters. The highest BCUT2D eigenvalue weighted by Crippen LogP contribution is 2.45. The molecule has 0 aliphatic heterocycles. The number of hydrogen-bond acceptors (Lipinski definition) is 5. The van der Waals surface area contributed by atoms with Gasteiger partial charge in [-0.25, -0.2) is 9.97 Å². The maximum absolute atomic E-state index is 12.7. The zero-order valence-electron chi connectivity index (χ0n) is 12.6. The van der Waals surface area contributed by atoms with Crippen molar-refractivity contribution in [2.75, 3.05) is 0 Å². The highest BCUT2D eigenvalue weighted by Gasteiger charge is 2.48. The molecule has 0 spiro atoms. The average molecular weight is 328 g/mol. The summed E-state index contributed by atoms with van der Waals surface area (Å²) in [5.74, 6) is -0.701. The van der Waals surface area contributed by atoms with Crippen molar-refractivity contribution in [1.29, 1.82) is 5.26 Å². The second kappa shape index (κ2) is 5.41. The van der Waals surface area contributed by atoms with E-state index in [0.29, 0.717) is 22.4 Å². The van der Waals surface area contributed by atoms with Crippen LogP contribution in [-0.2, 0) is 0 Å². The first kappa shape index (κ1) is 15.6. The number of Topliss-reactive ketones (excluding diaryl/α,β-unsaturated/α-hetero) is 1. The number of hydrogen-bond donors (Lipinski definition) is 1. The molecule has 0 bridgehead atoms. The predicted molar refractivity (Wildman–Crippen MR) is 84.2 cm³/mol. The maximum atomic E-state index is 12.7. The highest BCUT2D eigenvalue weighted by atomic mass is 35.5. The maximum Gasteiger partial charge on any atom is 0.171 e. The van der Waals surface area contributed by atoms with Crippen LogP contribution in [0.25, 0.3) is 0 Å². The summed E-state index contributed by atoms with van der Waals surface area (Å²) < 4.78 is 0. The number of aliphatic hydroxyl groups excluding tert-OH is 1. The van der Waals surface area contributed by atoms with Crippen LogP contribution in [-0.4, -0.2) is 27.0 Å². The van der Waals surface area contributed by atoms with E-state index < -0.39 is 17.4 Å². The Labute approximate surface area is 138 Å². The molecule has 2 aromatic rings. The van der Waals surface area contributed by atoms with Crippen molar-refractivity contribution in [3.05, 3.63) is 58.1 Å². The molecule has 1 heterocycles. The summed E-state index contributed by atoms with van der Waals surface area (Å²) in [7, 11) is 0. The van der Waals surface area contributed by atoms with E-state index in [-0.39, 0.29) is 10.9 Å². The van der Waals surface area contributed by atoms with Crippen LogP contribution in [0.3, 0.4) is 0 Å². The summed E-state index contributed by atoms with van der Waals surface area (Å²) in [5.41, 5.74) is 1.07. The van der Waals surface area contributed by atoms with Crippen molar-refractivity contribution in [2.24, 2.45) is 5.41 Å². The number of nitriles is 1. The van der Waals surface area contributed by atoms with Gasteiger partial charge in [0.1, 0.15) is 11.5 Å². The fraction of sp³-hybridized carbons (Fsp3) is 0.294. The lowest BCUT2D eigenvalue weighted by atomic mass is 9.65. The summed E-state index contributed by atoms with van der Waals surface area (Å²) in [4.78, 5) is 20.8. The Bertz CT molecular complexity index is 842. The van der Waals surface area contributed by atoms with E-state index >= 15 is 0 Å². The zero-order chi connectivity index (χ0) is 16.8. The normalized spacial score (nSPS) is 22.3. The summed E-state index contributed by atoms with van der Waals surface area (Å²) in [6.45, 7) is 3.41. The smallest absolute Gasteiger partial charge is 0.171 e. The molecule has 3 rings (SSSR count). The molecule has 0 amide bonds. The predicted octanol–water partition coefficient (Wildman–Crippen LogP) is 2.72. The fourth-order valence-corrected chi connectivity index (χ4v) is 3.16. The van der Waals surface area contributed by atoms with Gasteiger partial charge in [0, 0.05) is 5.56 Å². The Kier molecular flexibility index (Phi) is 3.67. The Morgan fingerprint density at radius 3 is 2.70 bits per heavy atom. The lowest BCUT2D eigenvalue weighted by Crippen LogP contribution is -2.46. The summed E-state index contributed by atoms with van der Waals surface area (Å²) in [6, 6.07) is 8.51. The first-order valence-corrected chi connectivity index (χ1v) is 7.48. The van der Waals surface area contributed by atoms with Gasteiger partial charge in [-0.3, -0.25) is 4.79 Å². The van der Waals surface area contributed by atoms with E-state index in [1.165, 1.54) is 6.33 Å². The molecule has 0 saturated carbocycles. The standard InChI is InChI=1S/C17H14ClN3O2/c1-17(2)15(22)10-4-3-9(7-19)5-11(10)14(16(17)23)12-6-13(18)21-8-20-12/h3-6,8,14,16,23H,1-2H3. The number of carbonyl (C=O) groups excluding carboxylic acids is 1. The molecular formula is C17H14ClN3O2. The molecule has 1 aliphatic carbocycles. The van der Waals surface area contributed by atoms with E-state index in [2.05, 4.69) is 16.0 Å². The van der Waals surface area contributed by atoms with Crippen LogP contribution >= 0.6 is 11.6 Å². The molecule has 0 saturated heterocycles. The van der Waals surface area contributed by atoms with E-state index in [4.69, 9.17) is 16.9 Å². The SMILES string of the molecule is CC1(C)C(=O)c2ccc(C#N)cc2C(c2cc(Cl)ncn2)C1O. The molecule has 1 N–H and O–H groups in total. The zero-order valence-corrected chi connectivity index (χ0v) is 13.4. The Morgan fingerprint density at radius 1 is 1.30 bits per heavy atom. The van der Waals surface area contributed by atoms with Crippen LogP contribution in [0, 0.1) is 16.7 Å². The van der Waals surface area contributed by atoms with Crippen molar-refractivity contribution in [2.45, 2.75) is 25.9 Å². The number of ketones is 1. The molecule has 0 radical (unpaired) electrons. The van der Waals surface area contributed by atoms with Crippen LogP contribution in [0.15, 0.2) is 30.6 Å². The van der Waals surface area contributed by atoms with Crippen LogP contribution < -0.4 is 0 Å². The van der Waals surface area contributed by atoms with Crippen molar-refractivity contribution in [3.63, 3.8) is 0 Å². The van der Waals surface area contributed by atoms with Gasteiger partial charge >= 0.3 is 0 Å². The van der Waals surface area contributed by atoms with E-state index in [0.717, 1.165) is 0 Å². The number of carbonyl (C=O) groups is 1. The molecule has 1 aromatic heterocycles. The number of rotatable bonds is 1. The quantitative estimate of drug-likeness (QED) is 0.814. The van der Waals surface area contributed by atoms with Gasteiger partial charge < -0.3 is 5.11 Å². The number of aromatic nitrogens is 2. The Hall–Kier alpha value is -2.29. The van der Waals surface area contributed by atoms with E-state index in [1.54, 1.807) is 38.1 Å². The lowest BCUT2D eigenvalue weighted by molar-refractivity contribution is 0.0259. The average Bonchev–Trinajstić information content (AvgIpc) is 2.53. The number of nitrogens with zero attached hydrogens (tertiary/aromatic N) is 3. The Morgan fingerprint density at radius 2 is 2.04 bits per heavy atom. The molecule has 1 aromatic carbocycles. The third-order valence-corrected chi connectivity index (χ3v) is 4.58. The van der Waals surface area contributed by atoms with Gasteiger partial charge in [-0.1, -0.05) is 25.4 Å². The van der Waals surface area contributed by atoms with Crippen molar-refractivity contribution in [3.8, 4) is 6.07 Å².